The van der Waals surface area contributed by atoms with E-state index < -0.39 is 0 Å². The highest BCUT2D eigenvalue weighted by molar-refractivity contribution is 7.12. The Morgan fingerprint density at radius 3 is 2.79 bits per heavy atom. The Hall–Kier alpha value is -0.870. The van der Waals surface area contributed by atoms with E-state index in [0.717, 1.165) is 0 Å². The van der Waals surface area contributed by atoms with E-state index >= 15 is 0 Å². The van der Waals surface area contributed by atoms with Crippen LogP contribution in [-0.4, -0.2) is 23.4 Å². The monoisotopic (exact) mass is 210 g/mol. The van der Waals surface area contributed by atoms with Crippen LogP contribution in [0.2, 0.25) is 0 Å². The first-order valence-electron chi connectivity index (χ1n) is 4.72. The van der Waals surface area contributed by atoms with Crippen LogP contribution in [0.4, 0.5) is 0 Å². The van der Waals surface area contributed by atoms with Crippen LogP contribution in [0.3, 0.4) is 0 Å². The van der Waals surface area contributed by atoms with Gasteiger partial charge in [-0.1, -0.05) is 0 Å². The van der Waals surface area contributed by atoms with Gasteiger partial charge in [0.15, 0.2) is 0 Å². The summed E-state index contributed by atoms with van der Waals surface area (Å²) in [5.74, 6) is 0.0727. The number of nitrogens with two attached hydrogens (primary N) is 1. The summed E-state index contributed by atoms with van der Waals surface area (Å²) < 4.78 is 0. The van der Waals surface area contributed by atoms with E-state index in [2.05, 4.69) is 26.0 Å². The molecule has 1 aliphatic rings. The second kappa shape index (κ2) is 3.37. The molecular formula is C10H14N2OS. The maximum Gasteiger partial charge on any atom is 0.241 e. The lowest BCUT2D eigenvalue weighted by molar-refractivity contribution is -0.145. The van der Waals surface area contributed by atoms with E-state index in [1.165, 1.54) is 9.75 Å². The summed E-state index contributed by atoms with van der Waals surface area (Å²) in [6.07, 6.45) is 0. The second-order valence-electron chi connectivity index (χ2n) is 3.72. The summed E-state index contributed by atoms with van der Waals surface area (Å²) >= 11 is 1.74. The number of thiophene rings is 1. The first-order valence-corrected chi connectivity index (χ1v) is 5.53. The molecule has 3 nitrogen and oxygen atoms in total. The maximum absolute atomic E-state index is 11.4. The molecule has 2 N–H and O–H groups in total. The molecule has 1 aromatic heterocycles. The lowest BCUT2D eigenvalue weighted by atomic mass is 10.1. The van der Waals surface area contributed by atoms with Gasteiger partial charge in [-0.05, 0) is 26.0 Å². The molecule has 0 spiro atoms. The van der Waals surface area contributed by atoms with Gasteiger partial charge in [-0.3, -0.25) is 4.79 Å². The van der Waals surface area contributed by atoms with Crippen molar-refractivity contribution in [1.82, 2.24) is 4.90 Å². The number of aryl methyl sites for hydroxylation is 1. The first kappa shape index (κ1) is 9.68. The predicted octanol–water partition coefficient (Wildman–Crippen LogP) is 1.29. The summed E-state index contributed by atoms with van der Waals surface area (Å²) in [5.41, 5.74) is 5.55. The molecule has 0 bridgehead atoms. The Labute approximate surface area is 87.5 Å². The average Bonchev–Trinajstić information content (AvgIpc) is 2.59. The van der Waals surface area contributed by atoms with Gasteiger partial charge in [0.05, 0.1) is 6.04 Å². The quantitative estimate of drug-likeness (QED) is 0.748. The Morgan fingerprint density at radius 2 is 2.36 bits per heavy atom. The van der Waals surface area contributed by atoms with E-state index in [4.69, 9.17) is 5.73 Å². The van der Waals surface area contributed by atoms with Gasteiger partial charge in [0, 0.05) is 16.3 Å². The Bertz CT molecular complexity index is 361. The molecule has 1 aliphatic heterocycles. The molecule has 2 rings (SSSR count). The van der Waals surface area contributed by atoms with Crippen molar-refractivity contribution < 1.29 is 4.79 Å². The zero-order valence-corrected chi connectivity index (χ0v) is 9.17. The fraction of sp³-hybridized carbons (Fsp3) is 0.500. The van der Waals surface area contributed by atoms with Crippen LogP contribution in [-0.2, 0) is 4.79 Å². The number of carbonyl (C=O) groups is 1. The minimum Gasteiger partial charge on any atom is -0.332 e. The van der Waals surface area contributed by atoms with Gasteiger partial charge in [-0.25, -0.2) is 0 Å². The fourth-order valence-corrected chi connectivity index (χ4v) is 2.60. The number of likely N-dealkylation sites (tertiary alicyclic amines) is 1. The van der Waals surface area contributed by atoms with Crippen LogP contribution in [0.1, 0.15) is 22.7 Å². The number of rotatable bonds is 2. The standard InChI is InChI=1S/C10H14N2OS/c1-6-3-4-9(14-6)7(2)12-5-8(11)10(12)13/h3-4,7-8H,5,11H2,1-2H3. The van der Waals surface area contributed by atoms with Crippen molar-refractivity contribution in [3.05, 3.63) is 21.9 Å². The molecule has 2 atom stereocenters. The van der Waals surface area contributed by atoms with Crippen molar-refractivity contribution in [2.75, 3.05) is 6.54 Å². The molecule has 1 fully saturated rings. The molecule has 2 heterocycles. The van der Waals surface area contributed by atoms with Crippen molar-refractivity contribution in [2.45, 2.75) is 25.9 Å². The molecular weight excluding hydrogens is 196 g/mol. The maximum atomic E-state index is 11.4. The van der Waals surface area contributed by atoms with Crippen LogP contribution in [0, 0.1) is 6.92 Å². The number of β-lactam (4-membered cyclic amide) rings is 1. The average molecular weight is 210 g/mol. The molecule has 14 heavy (non-hydrogen) atoms. The predicted molar refractivity (Wildman–Crippen MR) is 57.2 cm³/mol. The van der Waals surface area contributed by atoms with Crippen LogP contribution < -0.4 is 5.73 Å². The van der Waals surface area contributed by atoms with Crippen LogP contribution in [0.15, 0.2) is 12.1 Å². The van der Waals surface area contributed by atoms with Gasteiger partial charge in [0.2, 0.25) is 5.91 Å². The Kier molecular flexibility index (Phi) is 2.33. The molecule has 0 saturated carbocycles. The van der Waals surface area contributed by atoms with Gasteiger partial charge in [0.1, 0.15) is 6.04 Å². The molecule has 4 heteroatoms. The number of amides is 1. The first-order chi connectivity index (χ1) is 6.59. The third-order valence-electron chi connectivity index (χ3n) is 2.63. The van der Waals surface area contributed by atoms with Crippen LogP contribution in [0.5, 0.6) is 0 Å². The molecule has 76 valence electrons. The van der Waals surface area contributed by atoms with Crippen molar-refractivity contribution in [1.29, 1.82) is 0 Å². The zero-order valence-electron chi connectivity index (χ0n) is 8.36. The topological polar surface area (TPSA) is 46.3 Å². The number of carbonyl (C=O) groups excluding carboxylic acids is 1. The minimum absolute atomic E-state index is 0.0727. The molecule has 1 saturated heterocycles. The lowest BCUT2D eigenvalue weighted by Gasteiger charge is -2.40. The van der Waals surface area contributed by atoms with Crippen LogP contribution >= 0.6 is 11.3 Å². The summed E-state index contributed by atoms with van der Waals surface area (Å²) in [6, 6.07) is 4.09. The van der Waals surface area contributed by atoms with Gasteiger partial charge >= 0.3 is 0 Å². The summed E-state index contributed by atoms with van der Waals surface area (Å²) in [4.78, 5) is 15.7. The Morgan fingerprint density at radius 1 is 1.64 bits per heavy atom. The molecule has 1 aromatic rings. The van der Waals surface area contributed by atoms with E-state index in [0.29, 0.717) is 6.54 Å². The highest BCUT2D eigenvalue weighted by Crippen LogP contribution is 2.30. The number of hydrogen-bond acceptors (Lipinski definition) is 3. The molecule has 2 unspecified atom stereocenters. The van der Waals surface area contributed by atoms with E-state index in [1.54, 1.807) is 11.3 Å². The molecule has 0 aromatic carbocycles. The fourth-order valence-electron chi connectivity index (χ4n) is 1.66. The largest absolute Gasteiger partial charge is 0.332 e. The summed E-state index contributed by atoms with van der Waals surface area (Å²) in [6.45, 7) is 4.82. The van der Waals surface area contributed by atoms with Gasteiger partial charge < -0.3 is 10.6 Å². The highest BCUT2D eigenvalue weighted by Gasteiger charge is 2.37. The SMILES string of the molecule is Cc1ccc(C(C)N2CC(N)C2=O)s1. The van der Waals surface area contributed by atoms with Gasteiger partial charge in [0.25, 0.3) is 0 Å². The summed E-state index contributed by atoms with van der Waals surface area (Å²) in [7, 11) is 0. The normalized spacial score (nSPS) is 23.5. The number of nitrogens with zero attached hydrogens (tertiary/aromatic N) is 1. The van der Waals surface area contributed by atoms with E-state index in [9.17, 15) is 4.79 Å². The zero-order chi connectivity index (χ0) is 10.3. The van der Waals surface area contributed by atoms with E-state index in [1.807, 2.05) is 4.90 Å². The van der Waals surface area contributed by atoms with Crippen molar-refractivity contribution >= 4 is 17.2 Å². The number of hydrogen-bond donors (Lipinski definition) is 1. The van der Waals surface area contributed by atoms with Crippen molar-refractivity contribution in [3.8, 4) is 0 Å². The van der Waals surface area contributed by atoms with Gasteiger partial charge in [-0.2, -0.15) is 0 Å². The third-order valence-corrected chi connectivity index (χ3v) is 3.81. The van der Waals surface area contributed by atoms with E-state index in [-0.39, 0.29) is 18.0 Å². The lowest BCUT2D eigenvalue weighted by Crippen LogP contribution is -2.61. The molecule has 0 radical (unpaired) electrons. The molecule has 0 aliphatic carbocycles. The molecule has 1 amide bonds. The smallest absolute Gasteiger partial charge is 0.241 e. The van der Waals surface area contributed by atoms with Crippen molar-refractivity contribution in [3.63, 3.8) is 0 Å². The minimum atomic E-state index is -0.265. The highest BCUT2D eigenvalue weighted by atomic mass is 32.1. The summed E-state index contributed by atoms with van der Waals surface area (Å²) in [5, 5.41) is 0. The second-order valence-corrected chi connectivity index (χ2v) is 5.04. The van der Waals surface area contributed by atoms with Gasteiger partial charge in [-0.15, -0.1) is 11.3 Å². The van der Waals surface area contributed by atoms with Crippen molar-refractivity contribution in [2.24, 2.45) is 5.73 Å². The van der Waals surface area contributed by atoms with Crippen LogP contribution in [0.25, 0.3) is 0 Å². The Balaban J connectivity index is 2.10. The third kappa shape index (κ3) is 1.44.